The van der Waals surface area contributed by atoms with E-state index in [1.807, 2.05) is 6.07 Å². The Kier molecular flexibility index (Phi) is 3.31. The average Bonchev–Trinajstić information content (AvgIpc) is 3.25. The highest BCUT2D eigenvalue weighted by Crippen LogP contribution is 2.58. The molecule has 0 bridgehead atoms. The molecule has 0 saturated carbocycles. The van der Waals surface area contributed by atoms with Crippen molar-refractivity contribution in [2.75, 3.05) is 0 Å². The Morgan fingerprint density at radius 2 is 1.24 bits per heavy atom. The highest BCUT2D eigenvalue weighted by Gasteiger charge is 2.30. The Bertz CT molecular complexity index is 1760. The Hall–Kier alpha value is -4.08. The van der Waals surface area contributed by atoms with Gasteiger partial charge in [-0.3, -0.25) is 0 Å². The van der Waals surface area contributed by atoms with E-state index in [2.05, 4.69) is 91.0 Å². The first kappa shape index (κ1) is 17.5. The van der Waals surface area contributed by atoms with Gasteiger partial charge in [0.25, 0.3) is 0 Å². The maximum atomic E-state index is 6.46. The van der Waals surface area contributed by atoms with Crippen LogP contribution in [-0.4, -0.2) is 0 Å². The van der Waals surface area contributed by atoms with E-state index < -0.39 is 0 Å². The quantitative estimate of drug-likeness (QED) is 0.253. The van der Waals surface area contributed by atoms with E-state index in [4.69, 9.17) is 9.47 Å². The number of fused-ring (bicyclic) bond motifs is 6. The number of benzene rings is 5. The molecule has 3 heteroatoms. The number of ether oxygens (including phenoxy) is 2. The molecule has 8 rings (SSSR count). The highest BCUT2D eigenvalue weighted by atomic mass is 32.1. The number of hydrogen-bond donors (Lipinski definition) is 0. The molecular weight excluding hydrogens is 424 g/mol. The van der Waals surface area contributed by atoms with Crippen molar-refractivity contribution in [3.05, 3.63) is 97.1 Å². The van der Waals surface area contributed by atoms with E-state index in [9.17, 15) is 0 Å². The third kappa shape index (κ3) is 2.32. The lowest BCUT2D eigenvalue weighted by atomic mass is 9.88. The Labute approximate surface area is 194 Å². The van der Waals surface area contributed by atoms with Crippen LogP contribution in [0.4, 0.5) is 0 Å². The molecule has 3 heterocycles. The van der Waals surface area contributed by atoms with Crippen LogP contribution in [0, 0.1) is 0 Å². The first-order chi connectivity index (χ1) is 16.3. The zero-order valence-electron chi connectivity index (χ0n) is 17.5. The summed E-state index contributed by atoms with van der Waals surface area (Å²) in [6.07, 6.45) is 0. The van der Waals surface area contributed by atoms with Gasteiger partial charge in [-0.1, -0.05) is 65.9 Å². The minimum atomic E-state index is 0.886. The Morgan fingerprint density at radius 3 is 2.15 bits per heavy atom. The van der Waals surface area contributed by atoms with Crippen molar-refractivity contribution >= 4 is 32.2 Å². The fourth-order valence-corrected chi connectivity index (χ4v) is 6.32. The van der Waals surface area contributed by atoms with Crippen LogP contribution in [0.25, 0.3) is 54.2 Å². The van der Waals surface area contributed by atoms with Gasteiger partial charge in [0.05, 0.1) is 0 Å². The zero-order valence-corrected chi connectivity index (χ0v) is 18.3. The predicted octanol–water partition coefficient (Wildman–Crippen LogP) is 9.27. The lowest BCUT2D eigenvalue weighted by Crippen LogP contribution is -2.01. The summed E-state index contributed by atoms with van der Waals surface area (Å²) in [6.45, 7) is 0. The molecule has 2 aliphatic heterocycles. The highest BCUT2D eigenvalue weighted by molar-refractivity contribution is 7.21. The molecule has 2 aliphatic rings. The van der Waals surface area contributed by atoms with Gasteiger partial charge in [-0.2, -0.15) is 0 Å². The van der Waals surface area contributed by atoms with Crippen molar-refractivity contribution in [2.45, 2.75) is 0 Å². The van der Waals surface area contributed by atoms with E-state index >= 15 is 0 Å². The maximum absolute atomic E-state index is 6.46. The second-order valence-electron chi connectivity index (χ2n) is 8.51. The average molecular weight is 441 g/mol. The molecule has 2 nitrogen and oxygen atoms in total. The van der Waals surface area contributed by atoms with Crippen LogP contribution in [0.3, 0.4) is 0 Å². The smallest absolute Gasteiger partial charge is 0.190 e. The second-order valence-corrected chi connectivity index (χ2v) is 9.53. The van der Waals surface area contributed by atoms with Gasteiger partial charge in [0, 0.05) is 32.0 Å². The topological polar surface area (TPSA) is 18.5 Å². The molecule has 0 aliphatic carbocycles. The molecule has 0 amide bonds. The number of rotatable bonds is 1. The Morgan fingerprint density at radius 1 is 0.515 bits per heavy atom. The normalized spacial score (nSPS) is 12.7. The Balaban J connectivity index is 1.43. The summed E-state index contributed by atoms with van der Waals surface area (Å²) >= 11 is 1.71. The largest absolute Gasteiger partial charge is 0.456 e. The van der Waals surface area contributed by atoms with Crippen molar-refractivity contribution in [1.29, 1.82) is 0 Å². The van der Waals surface area contributed by atoms with Gasteiger partial charge in [0.2, 0.25) is 0 Å². The van der Waals surface area contributed by atoms with Crippen LogP contribution in [0.1, 0.15) is 0 Å². The lowest BCUT2D eigenvalue weighted by Gasteiger charge is -2.26. The minimum absolute atomic E-state index is 0.886. The molecule has 0 fully saturated rings. The first-order valence-electron chi connectivity index (χ1n) is 11.0. The summed E-state index contributed by atoms with van der Waals surface area (Å²) in [5.74, 6) is 2.68. The zero-order chi connectivity index (χ0) is 21.5. The summed E-state index contributed by atoms with van der Waals surface area (Å²) < 4.78 is 14.1. The molecule has 1 aromatic heterocycles. The van der Waals surface area contributed by atoms with Crippen LogP contribution in [0.2, 0.25) is 0 Å². The van der Waals surface area contributed by atoms with Gasteiger partial charge < -0.3 is 9.47 Å². The standard InChI is InChI=1S/C30H16O2S/c1-2-6-17(7-3-1)18-10-13-23-22(16-18)19-11-14-25-29-21(12-15-24(31-23)28(19)29)27-20-8-4-5-9-26(20)33-30(27)32-25/h1-16H. The molecule has 6 aromatic rings. The van der Waals surface area contributed by atoms with Crippen LogP contribution < -0.4 is 9.47 Å². The molecule has 0 radical (unpaired) electrons. The molecular formula is C30H16O2S. The van der Waals surface area contributed by atoms with Crippen molar-refractivity contribution in [1.82, 2.24) is 0 Å². The van der Waals surface area contributed by atoms with Crippen molar-refractivity contribution in [2.24, 2.45) is 0 Å². The van der Waals surface area contributed by atoms with E-state index in [0.29, 0.717) is 0 Å². The van der Waals surface area contributed by atoms with Crippen LogP contribution in [0.5, 0.6) is 22.3 Å². The minimum Gasteiger partial charge on any atom is -0.456 e. The lowest BCUT2D eigenvalue weighted by molar-refractivity contribution is 0.484. The molecule has 0 atom stereocenters. The summed E-state index contributed by atoms with van der Waals surface area (Å²) in [7, 11) is 0. The third-order valence-corrected chi connectivity index (χ3v) is 7.76. The molecule has 5 aromatic carbocycles. The number of hydrogen-bond acceptors (Lipinski definition) is 3. The third-order valence-electron chi connectivity index (χ3n) is 6.72. The molecule has 0 spiro atoms. The molecule has 0 saturated heterocycles. The van der Waals surface area contributed by atoms with Crippen molar-refractivity contribution in [3.8, 4) is 55.7 Å². The van der Waals surface area contributed by atoms with Crippen molar-refractivity contribution < 1.29 is 9.47 Å². The fourth-order valence-electron chi connectivity index (χ4n) is 5.24. The second kappa shape index (κ2) is 6.25. The van der Waals surface area contributed by atoms with E-state index in [1.54, 1.807) is 11.3 Å². The van der Waals surface area contributed by atoms with E-state index in [0.717, 1.165) is 38.6 Å². The summed E-state index contributed by atoms with van der Waals surface area (Å²) in [4.78, 5) is 0. The maximum Gasteiger partial charge on any atom is 0.190 e. The predicted molar refractivity (Wildman–Crippen MR) is 136 cm³/mol. The van der Waals surface area contributed by atoms with Crippen LogP contribution >= 0.6 is 11.3 Å². The molecule has 154 valence electrons. The molecule has 0 N–H and O–H groups in total. The van der Waals surface area contributed by atoms with Gasteiger partial charge in [-0.05, 0) is 64.7 Å². The van der Waals surface area contributed by atoms with Gasteiger partial charge in [-0.25, -0.2) is 0 Å². The van der Waals surface area contributed by atoms with Crippen molar-refractivity contribution in [3.63, 3.8) is 0 Å². The first-order valence-corrected chi connectivity index (χ1v) is 11.8. The molecule has 33 heavy (non-hydrogen) atoms. The summed E-state index contributed by atoms with van der Waals surface area (Å²) in [5.41, 5.74) is 7.10. The summed E-state index contributed by atoms with van der Waals surface area (Å²) in [5, 5.41) is 4.48. The van der Waals surface area contributed by atoms with E-state index in [-0.39, 0.29) is 0 Å². The van der Waals surface area contributed by atoms with Gasteiger partial charge in [0.15, 0.2) is 5.06 Å². The SMILES string of the molecule is c1ccc(-c2ccc3c(c2)-c2ccc4c5c(ccc(c25)O3)-c2c(sc3ccccc23)O4)cc1. The van der Waals surface area contributed by atoms with Gasteiger partial charge in [0.1, 0.15) is 17.2 Å². The van der Waals surface area contributed by atoms with Crippen LogP contribution in [0.15, 0.2) is 97.1 Å². The monoisotopic (exact) mass is 440 g/mol. The summed E-state index contributed by atoms with van der Waals surface area (Å²) in [6, 6.07) is 34.1. The van der Waals surface area contributed by atoms with Gasteiger partial charge in [-0.15, -0.1) is 0 Å². The number of thiophene rings is 1. The molecule has 0 unspecified atom stereocenters. The van der Waals surface area contributed by atoms with Gasteiger partial charge >= 0.3 is 0 Å². The van der Waals surface area contributed by atoms with Crippen LogP contribution in [-0.2, 0) is 0 Å². The fraction of sp³-hybridized carbons (Fsp3) is 0. The van der Waals surface area contributed by atoms with E-state index in [1.165, 1.54) is 37.9 Å².